The zero-order valence-corrected chi connectivity index (χ0v) is 19.8. The first-order valence-electron chi connectivity index (χ1n) is 11.3. The third-order valence-electron chi connectivity index (χ3n) is 6.34. The standard InChI is InChI=1S/C21H20F3N7O8/c22-21(23,24)18(33)28-7-5-27(6-8-28)11-1-2-12(15(9-11)31(38)39)17(32)25-16-13-10-29(19(34)35)4-3-14(13)30(26-16)20(36)37/h1-2,9H,3-8,10H2,(H,34,35)(H,36,37)(H,25,26,32). The van der Waals surface area contributed by atoms with E-state index in [1.165, 1.54) is 11.0 Å². The number of nitrogens with one attached hydrogen (secondary N) is 1. The molecule has 0 spiro atoms. The number of amides is 3. The number of fused-ring (bicyclic) bond motifs is 1. The minimum atomic E-state index is -5.01. The van der Waals surface area contributed by atoms with Crippen molar-refractivity contribution in [3.63, 3.8) is 0 Å². The number of hydrogen-bond acceptors (Lipinski definition) is 8. The number of nitro groups is 1. The first-order valence-corrected chi connectivity index (χ1v) is 11.3. The second-order valence-electron chi connectivity index (χ2n) is 8.61. The van der Waals surface area contributed by atoms with Crippen molar-refractivity contribution in [2.75, 3.05) is 42.9 Å². The summed E-state index contributed by atoms with van der Waals surface area (Å²) in [6, 6.07) is 3.54. The molecule has 1 saturated heterocycles. The van der Waals surface area contributed by atoms with E-state index in [4.69, 9.17) is 0 Å². The van der Waals surface area contributed by atoms with E-state index in [0.29, 0.717) is 9.58 Å². The fourth-order valence-corrected chi connectivity index (χ4v) is 4.42. The lowest BCUT2D eigenvalue weighted by Crippen LogP contribution is -2.52. The minimum Gasteiger partial charge on any atom is -0.465 e. The Kier molecular flexibility index (Phi) is 7.03. The van der Waals surface area contributed by atoms with Crippen molar-refractivity contribution in [2.24, 2.45) is 0 Å². The molecule has 18 heteroatoms. The van der Waals surface area contributed by atoms with Crippen LogP contribution in [-0.2, 0) is 17.8 Å². The Morgan fingerprint density at radius 3 is 2.23 bits per heavy atom. The summed E-state index contributed by atoms with van der Waals surface area (Å²) in [6.45, 7) is -0.872. The van der Waals surface area contributed by atoms with E-state index in [0.717, 1.165) is 17.0 Å². The summed E-state index contributed by atoms with van der Waals surface area (Å²) in [7, 11) is 0. The first-order chi connectivity index (χ1) is 18.3. The van der Waals surface area contributed by atoms with Crippen molar-refractivity contribution < 1.29 is 47.5 Å². The normalized spacial score (nSPS) is 15.5. The van der Waals surface area contributed by atoms with Crippen LogP contribution in [0.4, 0.5) is 40.0 Å². The zero-order valence-electron chi connectivity index (χ0n) is 19.8. The number of carbonyl (C=O) groups excluding carboxylic acids is 2. The molecule has 39 heavy (non-hydrogen) atoms. The van der Waals surface area contributed by atoms with Crippen molar-refractivity contribution in [1.82, 2.24) is 19.6 Å². The average molecular weight is 555 g/mol. The highest BCUT2D eigenvalue weighted by atomic mass is 19.4. The molecule has 1 fully saturated rings. The summed E-state index contributed by atoms with van der Waals surface area (Å²) in [5, 5.41) is 36.6. The van der Waals surface area contributed by atoms with E-state index in [1.54, 1.807) is 0 Å². The molecular weight excluding hydrogens is 535 g/mol. The molecule has 3 N–H and O–H groups in total. The molecule has 3 heterocycles. The third kappa shape index (κ3) is 5.39. The highest BCUT2D eigenvalue weighted by Gasteiger charge is 2.43. The lowest BCUT2D eigenvalue weighted by Gasteiger charge is -2.36. The molecule has 1 aromatic heterocycles. The van der Waals surface area contributed by atoms with Crippen LogP contribution < -0.4 is 10.2 Å². The van der Waals surface area contributed by atoms with E-state index in [9.17, 15) is 52.7 Å². The van der Waals surface area contributed by atoms with Gasteiger partial charge in [-0.1, -0.05) is 0 Å². The smallest absolute Gasteiger partial charge is 0.465 e. The third-order valence-corrected chi connectivity index (χ3v) is 6.34. The van der Waals surface area contributed by atoms with Crippen LogP contribution >= 0.6 is 0 Å². The molecule has 4 rings (SSSR count). The largest absolute Gasteiger partial charge is 0.471 e. The number of anilines is 2. The van der Waals surface area contributed by atoms with Crippen LogP contribution in [0, 0.1) is 10.1 Å². The zero-order chi connectivity index (χ0) is 28.6. The van der Waals surface area contributed by atoms with Gasteiger partial charge in [0.05, 0.1) is 17.2 Å². The summed E-state index contributed by atoms with van der Waals surface area (Å²) in [4.78, 5) is 61.5. The lowest BCUT2D eigenvalue weighted by atomic mass is 10.1. The maximum atomic E-state index is 13.0. The van der Waals surface area contributed by atoms with Crippen LogP contribution in [0.2, 0.25) is 0 Å². The van der Waals surface area contributed by atoms with Crippen LogP contribution in [0.3, 0.4) is 0 Å². The molecule has 0 radical (unpaired) electrons. The van der Waals surface area contributed by atoms with Crippen LogP contribution in [0.25, 0.3) is 0 Å². The van der Waals surface area contributed by atoms with Crippen LogP contribution in [0.15, 0.2) is 18.2 Å². The van der Waals surface area contributed by atoms with Crippen molar-refractivity contribution in [3.05, 3.63) is 45.1 Å². The van der Waals surface area contributed by atoms with Gasteiger partial charge in [-0.2, -0.15) is 17.9 Å². The highest BCUT2D eigenvalue weighted by Crippen LogP contribution is 2.30. The minimum absolute atomic E-state index is 0.000251. The lowest BCUT2D eigenvalue weighted by molar-refractivity contribution is -0.385. The quantitative estimate of drug-likeness (QED) is 0.370. The molecule has 0 aliphatic carbocycles. The fourth-order valence-electron chi connectivity index (χ4n) is 4.42. The van der Waals surface area contributed by atoms with Gasteiger partial charge in [0, 0.05) is 56.5 Å². The average Bonchev–Trinajstić information content (AvgIpc) is 3.25. The summed E-state index contributed by atoms with van der Waals surface area (Å²) in [6.07, 6.45) is -7.74. The first kappa shape index (κ1) is 27.1. The highest BCUT2D eigenvalue weighted by molar-refractivity contribution is 6.07. The van der Waals surface area contributed by atoms with Crippen molar-refractivity contribution >= 4 is 41.2 Å². The van der Waals surface area contributed by atoms with E-state index >= 15 is 0 Å². The number of carboxylic acid groups (broad SMARTS) is 2. The molecule has 0 unspecified atom stereocenters. The Morgan fingerprint density at radius 1 is 1.00 bits per heavy atom. The van der Waals surface area contributed by atoms with Crippen molar-refractivity contribution in [1.29, 1.82) is 0 Å². The summed E-state index contributed by atoms with van der Waals surface area (Å²) in [5.74, 6) is -3.26. The Bertz CT molecular complexity index is 1370. The predicted molar refractivity (Wildman–Crippen MR) is 124 cm³/mol. The van der Waals surface area contributed by atoms with E-state index in [1.807, 2.05) is 0 Å². The fraction of sp³-hybridized carbons (Fsp3) is 0.381. The maximum absolute atomic E-state index is 13.0. The molecule has 0 atom stereocenters. The van der Waals surface area contributed by atoms with Crippen LogP contribution in [0.5, 0.6) is 0 Å². The molecule has 0 saturated carbocycles. The second kappa shape index (κ2) is 10.1. The molecule has 2 aliphatic heterocycles. The number of rotatable bonds is 4. The number of aromatic nitrogens is 2. The van der Waals surface area contributed by atoms with E-state index in [2.05, 4.69) is 10.4 Å². The Labute approximate surface area is 216 Å². The molecule has 2 aliphatic rings. The monoisotopic (exact) mass is 555 g/mol. The molecule has 208 valence electrons. The molecule has 2 aromatic rings. The number of halogens is 3. The Balaban J connectivity index is 1.56. The molecule has 1 aromatic carbocycles. The molecule has 15 nitrogen and oxygen atoms in total. The van der Waals surface area contributed by atoms with E-state index < -0.39 is 46.4 Å². The number of hydrogen-bond donors (Lipinski definition) is 3. The van der Waals surface area contributed by atoms with Crippen molar-refractivity contribution in [3.8, 4) is 0 Å². The predicted octanol–water partition coefficient (Wildman–Crippen LogP) is 1.82. The molecule has 3 amide bonds. The number of benzene rings is 1. The number of nitrogens with zero attached hydrogens (tertiary/aromatic N) is 6. The van der Waals surface area contributed by atoms with Crippen LogP contribution in [-0.4, -0.2) is 97.6 Å². The summed E-state index contributed by atoms with van der Waals surface area (Å²) >= 11 is 0. The van der Waals surface area contributed by atoms with Gasteiger partial charge in [0.15, 0.2) is 5.82 Å². The number of nitro benzene ring substituents is 1. The van der Waals surface area contributed by atoms with Gasteiger partial charge < -0.3 is 30.2 Å². The maximum Gasteiger partial charge on any atom is 0.471 e. The molecular formula is C21H20F3N7O8. The second-order valence-corrected chi connectivity index (χ2v) is 8.61. The van der Waals surface area contributed by atoms with E-state index in [-0.39, 0.29) is 68.5 Å². The SMILES string of the molecule is O=C(Nc1nn(C(=O)O)c2c1CN(C(=O)O)CC2)c1ccc(N2CCN(C(=O)C(F)(F)F)CC2)cc1[N+](=O)[O-]. The number of piperazine rings is 1. The number of carbonyl (C=O) groups is 4. The van der Waals surface area contributed by atoms with Gasteiger partial charge in [0.25, 0.3) is 11.6 Å². The molecule has 0 bridgehead atoms. The van der Waals surface area contributed by atoms with Gasteiger partial charge in [-0.05, 0) is 12.1 Å². The number of alkyl halides is 3. The Morgan fingerprint density at radius 2 is 1.67 bits per heavy atom. The summed E-state index contributed by atoms with van der Waals surface area (Å²) in [5.41, 5.74) is -0.521. The topological polar surface area (TPSA) is 191 Å². The Hall–Kier alpha value is -4.90. The van der Waals surface area contributed by atoms with Gasteiger partial charge in [0.1, 0.15) is 5.56 Å². The van der Waals surface area contributed by atoms with Gasteiger partial charge in [0.2, 0.25) is 0 Å². The van der Waals surface area contributed by atoms with Crippen LogP contribution in [0.1, 0.15) is 21.6 Å². The van der Waals surface area contributed by atoms with Gasteiger partial charge in [-0.15, -0.1) is 5.10 Å². The summed E-state index contributed by atoms with van der Waals surface area (Å²) < 4.78 is 38.6. The van der Waals surface area contributed by atoms with Crippen molar-refractivity contribution in [2.45, 2.75) is 19.1 Å². The van der Waals surface area contributed by atoms with Gasteiger partial charge in [-0.25, -0.2) is 9.59 Å². The van der Waals surface area contributed by atoms with Gasteiger partial charge in [-0.3, -0.25) is 19.7 Å². The van der Waals surface area contributed by atoms with Gasteiger partial charge >= 0.3 is 24.3 Å².